The van der Waals surface area contributed by atoms with Gasteiger partial charge < -0.3 is 9.80 Å². The number of hydrogen-bond donors (Lipinski definition) is 0. The first-order valence-electron chi connectivity index (χ1n) is 11.0. The highest BCUT2D eigenvalue weighted by Crippen LogP contribution is 2.71. The first kappa shape index (κ1) is 23.0. The minimum absolute atomic E-state index is 0.00157. The van der Waals surface area contributed by atoms with E-state index in [1.165, 1.54) is 24.3 Å². The fourth-order valence-electron chi connectivity index (χ4n) is 5.00. The number of piperazine rings is 1. The van der Waals surface area contributed by atoms with E-state index >= 15 is 0 Å². The van der Waals surface area contributed by atoms with Crippen LogP contribution in [-0.4, -0.2) is 37.3 Å². The van der Waals surface area contributed by atoms with Crippen LogP contribution in [0.4, 0.5) is 23.2 Å². The van der Waals surface area contributed by atoms with Gasteiger partial charge in [0.05, 0.1) is 0 Å². The minimum Gasteiger partial charge on any atom is -0.371 e. The first-order chi connectivity index (χ1) is 15.2. The molecule has 0 radical (unpaired) electrons. The molecule has 32 heavy (non-hydrogen) atoms. The number of anilines is 1. The Morgan fingerprint density at radius 3 is 2.34 bits per heavy atom. The summed E-state index contributed by atoms with van der Waals surface area (Å²) in [6, 6.07) is 11.2. The van der Waals surface area contributed by atoms with Crippen molar-refractivity contribution in [2.24, 2.45) is 5.41 Å². The fraction of sp³-hybridized carbons (Fsp3) is 0.440. The van der Waals surface area contributed by atoms with E-state index in [0.29, 0.717) is 48.9 Å². The van der Waals surface area contributed by atoms with Crippen LogP contribution in [0.25, 0.3) is 0 Å². The van der Waals surface area contributed by atoms with Crippen molar-refractivity contribution in [2.45, 2.75) is 38.8 Å². The number of aryl methyl sites for hydroxylation is 1. The summed E-state index contributed by atoms with van der Waals surface area (Å²) < 4.78 is 56.9. The zero-order chi connectivity index (χ0) is 23.1. The SMILES string of the molecule is CCC=C(N1CCN(c2cc(Cl)ccc2C)CC1)[C@]1(C(F)(F)F)C[C@H]1c1ccc(F)cc1. The number of benzene rings is 2. The highest BCUT2D eigenvalue weighted by Gasteiger charge is 2.73. The molecule has 7 heteroatoms. The maximum absolute atomic E-state index is 14.5. The molecule has 1 saturated carbocycles. The maximum atomic E-state index is 14.5. The van der Waals surface area contributed by atoms with Crippen LogP contribution in [-0.2, 0) is 0 Å². The van der Waals surface area contributed by atoms with E-state index < -0.39 is 23.3 Å². The van der Waals surface area contributed by atoms with Crippen LogP contribution in [0, 0.1) is 18.2 Å². The van der Waals surface area contributed by atoms with Crippen molar-refractivity contribution in [3.63, 3.8) is 0 Å². The van der Waals surface area contributed by atoms with Gasteiger partial charge in [0.25, 0.3) is 0 Å². The molecule has 2 nitrogen and oxygen atoms in total. The van der Waals surface area contributed by atoms with E-state index in [2.05, 4.69) is 4.90 Å². The van der Waals surface area contributed by atoms with Gasteiger partial charge in [-0.1, -0.05) is 42.8 Å². The standard InChI is InChI=1S/C25H27ClF4N2/c1-3-4-23(24(25(28,29)30)16-21(24)18-6-9-20(27)10-7-18)32-13-11-31(12-14-32)22-15-19(26)8-5-17(22)2/h4-10,15,21H,3,11-14,16H2,1-2H3/t21-,24-/m0/s1. The molecule has 1 saturated heterocycles. The van der Waals surface area contributed by atoms with Crippen molar-refractivity contribution in [3.8, 4) is 0 Å². The quantitative estimate of drug-likeness (QED) is 0.440. The minimum atomic E-state index is -4.38. The normalized spacial score (nSPS) is 24.1. The third-order valence-electron chi connectivity index (χ3n) is 6.73. The Hall–Kier alpha value is -2.21. The van der Waals surface area contributed by atoms with E-state index in [-0.39, 0.29) is 6.42 Å². The molecule has 1 heterocycles. The van der Waals surface area contributed by atoms with Gasteiger partial charge in [-0.15, -0.1) is 0 Å². The van der Waals surface area contributed by atoms with Crippen LogP contribution >= 0.6 is 11.6 Å². The molecule has 2 aromatic carbocycles. The van der Waals surface area contributed by atoms with Gasteiger partial charge in [0.15, 0.2) is 0 Å². The summed E-state index contributed by atoms with van der Waals surface area (Å²) in [5.41, 5.74) is 1.12. The van der Waals surface area contributed by atoms with E-state index in [1.54, 1.807) is 6.08 Å². The molecule has 0 bridgehead atoms. The van der Waals surface area contributed by atoms with Crippen LogP contribution in [0.3, 0.4) is 0 Å². The highest BCUT2D eigenvalue weighted by molar-refractivity contribution is 6.30. The van der Waals surface area contributed by atoms with Crippen molar-refractivity contribution < 1.29 is 17.6 Å². The Bertz CT molecular complexity index is 994. The monoisotopic (exact) mass is 466 g/mol. The van der Waals surface area contributed by atoms with Gasteiger partial charge in [0, 0.05) is 48.5 Å². The molecule has 2 aromatic rings. The lowest BCUT2D eigenvalue weighted by Crippen LogP contribution is -2.49. The van der Waals surface area contributed by atoms with Gasteiger partial charge in [0.1, 0.15) is 11.2 Å². The Labute approximate surface area is 191 Å². The van der Waals surface area contributed by atoms with Crippen LogP contribution < -0.4 is 4.90 Å². The lowest BCUT2D eigenvalue weighted by Gasteiger charge is -2.42. The molecule has 1 aliphatic heterocycles. The molecule has 4 rings (SSSR count). The van der Waals surface area contributed by atoms with E-state index in [0.717, 1.165) is 11.3 Å². The molecular formula is C25H27ClF4N2. The molecule has 2 aliphatic rings. The second-order valence-corrected chi connectivity index (χ2v) is 9.12. The number of nitrogens with zero attached hydrogens (tertiary/aromatic N) is 2. The van der Waals surface area contributed by atoms with E-state index in [4.69, 9.17) is 11.6 Å². The summed E-state index contributed by atoms with van der Waals surface area (Å²) in [4.78, 5) is 4.09. The second kappa shape index (κ2) is 8.62. The van der Waals surface area contributed by atoms with Gasteiger partial charge in [-0.05, 0) is 55.2 Å². The topological polar surface area (TPSA) is 6.48 Å². The summed E-state index contributed by atoms with van der Waals surface area (Å²) in [5.74, 6) is -1.13. The molecule has 172 valence electrons. The molecule has 2 fully saturated rings. The van der Waals surface area contributed by atoms with Gasteiger partial charge in [-0.3, -0.25) is 0 Å². The van der Waals surface area contributed by atoms with E-state index in [1.807, 2.05) is 36.9 Å². The molecule has 0 unspecified atom stereocenters. The predicted molar refractivity (Wildman–Crippen MR) is 121 cm³/mol. The third-order valence-corrected chi connectivity index (χ3v) is 6.96. The number of hydrogen-bond acceptors (Lipinski definition) is 2. The zero-order valence-corrected chi connectivity index (χ0v) is 19.0. The number of alkyl halides is 3. The van der Waals surface area contributed by atoms with E-state index in [9.17, 15) is 17.6 Å². The van der Waals surface area contributed by atoms with Crippen LogP contribution in [0.5, 0.6) is 0 Å². The van der Waals surface area contributed by atoms with Crippen LogP contribution in [0.1, 0.15) is 36.8 Å². The maximum Gasteiger partial charge on any atom is 0.400 e. The fourth-order valence-corrected chi connectivity index (χ4v) is 5.17. The van der Waals surface area contributed by atoms with Gasteiger partial charge in [-0.25, -0.2) is 4.39 Å². The largest absolute Gasteiger partial charge is 0.400 e. The van der Waals surface area contributed by atoms with Crippen LogP contribution in [0.2, 0.25) is 5.02 Å². The summed E-state index contributed by atoms with van der Waals surface area (Å²) >= 11 is 6.16. The molecular weight excluding hydrogens is 440 g/mol. The molecule has 1 aliphatic carbocycles. The van der Waals surface area contributed by atoms with Crippen molar-refractivity contribution in [1.82, 2.24) is 4.90 Å². The second-order valence-electron chi connectivity index (χ2n) is 8.68. The summed E-state index contributed by atoms with van der Waals surface area (Å²) in [5, 5.41) is 0.649. The number of rotatable bonds is 5. The summed E-state index contributed by atoms with van der Waals surface area (Å²) in [6.07, 6.45) is -2.12. The summed E-state index contributed by atoms with van der Waals surface area (Å²) in [7, 11) is 0. The predicted octanol–water partition coefficient (Wildman–Crippen LogP) is 6.94. The van der Waals surface area contributed by atoms with Crippen molar-refractivity contribution >= 4 is 17.3 Å². The lowest BCUT2D eigenvalue weighted by atomic mass is 9.92. The lowest BCUT2D eigenvalue weighted by molar-refractivity contribution is -0.182. The average molecular weight is 467 g/mol. The highest BCUT2D eigenvalue weighted by atomic mass is 35.5. The molecule has 0 N–H and O–H groups in total. The third kappa shape index (κ3) is 4.09. The Morgan fingerprint density at radius 2 is 1.75 bits per heavy atom. The zero-order valence-electron chi connectivity index (χ0n) is 18.2. The van der Waals surface area contributed by atoms with Gasteiger partial charge >= 0.3 is 6.18 Å². The molecule has 0 spiro atoms. The average Bonchev–Trinajstić information content (AvgIpc) is 3.51. The first-order valence-corrected chi connectivity index (χ1v) is 11.3. The number of allylic oxidation sites excluding steroid dienone is 2. The van der Waals surface area contributed by atoms with Crippen molar-refractivity contribution in [1.29, 1.82) is 0 Å². The van der Waals surface area contributed by atoms with Gasteiger partial charge in [0.2, 0.25) is 0 Å². The Balaban J connectivity index is 1.58. The molecule has 2 atom stereocenters. The van der Waals surface area contributed by atoms with Crippen LogP contribution in [0.15, 0.2) is 54.2 Å². The van der Waals surface area contributed by atoms with Crippen molar-refractivity contribution in [3.05, 3.63) is 76.2 Å². The number of halogens is 5. The van der Waals surface area contributed by atoms with Gasteiger partial charge in [-0.2, -0.15) is 13.2 Å². The van der Waals surface area contributed by atoms with Crippen molar-refractivity contribution in [2.75, 3.05) is 31.1 Å². The molecule has 0 aromatic heterocycles. The smallest absolute Gasteiger partial charge is 0.371 e. The molecule has 0 amide bonds. The Morgan fingerprint density at radius 1 is 1.09 bits per heavy atom. The Kier molecular flexibility index (Phi) is 6.19. The summed E-state index contributed by atoms with van der Waals surface area (Å²) in [6.45, 7) is 6.13.